The summed E-state index contributed by atoms with van der Waals surface area (Å²) in [5.74, 6) is -0.428. The van der Waals surface area contributed by atoms with Crippen molar-refractivity contribution in [2.75, 3.05) is 25.2 Å². The Labute approximate surface area is 110 Å². The number of nitrogen functional groups attached to an aromatic ring is 1. The van der Waals surface area contributed by atoms with Gasteiger partial charge in [-0.2, -0.15) is 0 Å². The maximum atomic E-state index is 10.6. The minimum atomic E-state index is -0.902. The third-order valence-corrected chi connectivity index (χ3v) is 3.38. The summed E-state index contributed by atoms with van der Waals surface area (Å²) in [5, 5.41) is 16.9. The number of nitrogens with two attached hydrogens (primary N) is 1. The Bertz CT molecular complexity index is 408. The predicted octanol–water partition coefficient (Wildman–Crippen LogP) is 0.880. The zero-order valence-corrected chi connectivity index (χ0v) is 11.5. The molecule has 0 aliphatic heterocycles. The van der Waals surface area contributed by atoms with Gasteiger partial charge in [-0.05, 0) is 5.92 Å². The van der Waals surface area contributed by atoms with E-state index in [1.165, 1.54) is 0 Å². The van der Waals surface area contributed by atoms with Crippen LogP contribution in [0.2, 0.25) is 0 Å². The van der Waals surface area contributed by atoms with E-state index in [1.807, 2.05) is 13.8 Å². The zero-order chi connectivity index (χ0) is 13.7. The van der Waals surface area contributed by atoms with Crippen LogP contribution in [0.4, 0.5) is 5.95 Å². The number of carboxylic acid groups (broad SMARTS) is 1. The van der Waals surface area contributed by atoms with Gasteiger partial charge < -0.3 is 15.6 Å². The van der Waals surface area contributed by atoms with Crippen LogP contribution in [-0.2, 0) is 9.53 Å². The lowest BCUT2D eigenvalue weighted by atomic mass is 10.1. The summed E-state index contributed by atoms with van der Waals surface area (Å²) in [5.41, 5.74) is 5.79. The number of hydrogen-bond donors (Lipinski definition) is 2. The number of hydrogen-bond acceptors (Lipinski definition) is 6. The van der Waals surface area contributed by atoms with Crippen molar-refractivity contribution < 1.29 is 14.6 Å². The van der Waals surface area contributed by atoms with Crippen molar-refractivity contribution in [3.63, 3.8) is 0 Å². The largest absolute Gasteiger partial charge is 0.481 e. The highest BCUT2D eigenvalue weighted by molar-refractivity contribution is 7.99. The van der Waals surface area contributed by atoms with Crippen LogP contribution in [0.5, 0.6) is 0 Å². The number of carbonyl (C=O) groups is 1. The van der Waals surface area contributed by atoms with Gasteiger partial charge in [0.1, 0.15) is 0 Å². The summed E-state index contributed by atoms with van der Waals surface area (Å²) >= 11 is 1.10. The molecule has 0 saturated heterocycles. The summed E-state index contributed by atoms with van der Waals surface area (Å²) in [7, 11) is 1.61. The molecule has 3 N–H and O–H groups in total. The molecule has 1 atom stereocenters. The molecule has 18 heavy (non-hydrogen) atoms. The molecule has 1 aromatic heterocycles. The fourth-order valence-corrected chi connectivity index (χ4v) is 2.28. The van der Waals surface area contributed by atoms with Crippen LogP contribution >= 0.6 is 11.8 Å². The molecule has 7 nitrogen and oxygen atoms in total. The van der Waals surface area contributed by atoms with Crippen molar-refractivity contribution in [2.45, 2.75) is 25.0 Å². The second-order valence-electron chi connectivity index (χ2n) is 4.16. The van der Waals surface area contributed by atoms with Crippen molar-refractivity contribution in [1.29, 1.82) is 0 Å². The molecule has 0 amide bonds. The van der Waals surface area contributed by atoms with Gasteiger partial charge in [-0.3, -0.25) is 9.36 Å². The number of aromatic nitrogens is 3. The van der Waals surface area contributed by atoms with E-state index in [0.717, 1.165) is 11.8 Å². The minimum absolute atomic E-state index is 0.0127. The highest BCUT2D eigenvalue weighted by atomic mass is 32.2. The molecule has 0 bridgehead atoms. The number of methoxy groups -OCH3 is 1. The van der Waals surface area contributed by atoms with E-state index in [2.05, 4.69) is 10.2 Å². The first-order chi connectivity index (χ1) is 8.47. The molecule has 1 heterocycles. The first-order valence-electron chi connectivity index (χ1n) is 5.51. The second kappa shape index (κ2) is 6.60. The number of aliphatic carboxylic acids is 1. The van der Waals surface area contributed by atoms with E-state index in [9.17, 15) is 4.79 Å². The van der Waals surface area contributed by atoms with Crippen LogP contribution in [-0.4, -0.2) is 45.3 Å². The fraction of sp³-hybridized carbons (Fsp3) is 0.700. The highest BCUT2D eigenvalue weighted by Crippen LogP contribution is 2.27. The maximum Gasteiger partial charge on any atom is 0.313 e. The van der Waals surface area contributed by atoms with Crippen LogP contribution in [0.25, 0.3) is 0 Å². The number of anilines is 1. The van der Waals surface area contributed by atoms with E-state index in [4.69, 9.17) is 15.6 Å². The Kier molecular flexibility index (Phi) is 5.42. The monoisotopic (exact) mass is 274 g/mol. The smallest absolute Gasteiger partial charge is 0.313 e. The van der Waals surface area contributed by atoms with Crippen molar-refractivity contribution >= 4 is 23.7 Å². The van der Waals surface area contributed by atoms with Crippen molar-refractivity contribution in [3.05, 3.63) is 0 Å². The summed E-state index contributed by atoms with van der Waals surface area (Å²) in [6.45, 7) is 4.55. The van der Waals surface area contributed by atoms with Gasteiger partial charge in [-0.25, -0.2) is 0 Å². The van der Waals surface area contributed by atoms with E-state index >= 15 is 0 Å². The van der Waals surface area contributed by atoms with Crippen LogP contribution in [0.3, 0.4) is 0 Å². The molecule has 1 aromatic rings. The van der Waals surface area contributed by atoms with Crippen LogP contribution in [0, 0.1) is 5.92 Å². The molecule has 0 saturated carbocycles. The third kappa shape index (κ3) is 3.61. The number of thioether (sulfide) groups is 1. The van der Waals surface area contributed by atoms with E-state index in [-0.39, 0.29) is 23.7 Å². The normalized spacial score (nSPS) is 12.9. The van der Waals surface area contributed by atoms with E-state index < -0.39 is 5.97 Å². The van der Waals surface area contributed by atoms with Gasteiger partial charge in [-0.15, -0.1) is 10.2 Å². The number of ether oxygens (including phenoxy) is 1. The predicted molar refractivity (Wildman–Crippen MR) is 68.5 cm³/mol. The van der Waals surface area contributed by atoms with Crippen LogP contribution < -0.4 is 5.73 Å². The zero-order valence-electron chi connectivity index (χ0n) is 10.7. The summed E-state index contributed by atoms with van der Waals surface area (Å²) in [4.78, 5) is 10.6. The molecule has 0 aliphatic rings. The van der Waals surface area contributed by atoms with Gasteiger partial charge >= 0.3 is 5.97 Å². The standard InChI is InChI=1S/C10H18N4O3S/c1-6(2)7(4-17-3)14-9(11)12-13-10(14)18-5-8(15)16/h6-7H,4-5H2,1-3H3,(H2,11,12)(H,15,16). The van der Waals surface area contributed by atoms with Gasteiger partial charge in [0.2, 0.25) is 5.95 Å². The van der Waals surface area contributed by atoms with Gasteiger partial charge in [0, 0.05) is 7.11 Å². The number of nitrogens with zero attached hydrogens (tertiary/aromatic N) is 3. The Morgan fingerprint density at radius 2 is 2.22 bits per heavy atom. The summed E-state index contributed by atoms with van der Waals surface area (Å²) in [6, 6.07) is -0.0127. The highest BCUT2D eigenvalue weighted by Gasteiger charge is 2.23. The lowest BCUT2D eigenvalue weighted by Crippen LogP contribution is -2.22. The first-order valence-corrected chi connectivity index (χ1v) is 6.49. The number of rotatable bonds is 7. The lowest BCUT2D eigenvalue weighted by molar-refractivity contribution is -0.133. The molecule has 0 spiro atoms. The third-order valence-electron chi connectivity index (χ3n) is 2.45. The molecule has 8 heteroatoms. The van der Waals surface area contributed by atoms with Gasteiger partial charge in [0.05, 0.1) is 18.4 Å². The lowest BCUT2D eigenvalue weighted by Gasteiger charge is -2.23. The minimum Gasteiger partial charge on any atom is -0.481 e. The van der Waals surface area contributed by atoms with E-state index in [0.29, 0.717) is 11.8 Å². The van der Waals surface area contributed by atoms with Gasteiger partial charge in [0.15, 0.2) is 5.16 Å². The van der Waals surface area contributed by atoms with Crippen molar-refractivity contribution in [2.24, 2.45) is 5.92 Å². The van der Waals surface area contributed by atoms with Crippen LogP contribution in [0.1, 0.15) is 19.9 Å². The molecule has 0 radical (unpaired) electrons. The quantitative estimate of drug-likeness (QED) is 0.711. The van der Waals surface area contributed by atoms with Gasteiger partial charge in [-0.1, -0.05) is 25.6 Å². The molecule has 0 fully saturated rings. The fourth-order valence-electron chi connectivity index (χ4n) is 1.56. The number of carboxylic acids is 1. The average molecular weight is 274 g/mol. The Balaban J connectivity index is 2.96. The summed E-state index contributed by atoms with van der Waals surface area (Å²) < 4.78 is 6.91. The van der Waals surface area contributed by atoms with Crippen LogP contribution in [0.15, 0.2) is 5.16 Å². The van der Waals surface area contributed by atoms with Crippen molar-refractivity contribution in [1.82, 2.24) is 14.8 Å². The Morgan fingerprint density at radius 3 is 2.72 bits per heavy atom. The molecule has 0 aliphatic carbocycles. The Hall–Kier alpha value is -1.28. The molecular weight excluding hydrogens is 256 g/mol. The van der Waals surface area contributed by atoms with Gasteiger partial charge in [0.25, 0.3) is 0 Å². The maximum absolute atomic E-state index is 10.6. The molecular formula is C10H18N4O3S. The van der Waals surface area contributed by atoms with E-state index in [1.54, 1.807) is 11.7 Å². The average Bonchev–Trinajstić information content (AvgIpc) is 2.64. The SMILES string of the molecule is COCC(C(C)C)n1c(N)nnc1SCC(=O)O. The summed E-state index contributed by atoms with van der Waals surface area (Å²) in [6.07, 6.45) is 0. The molecule has 0 aromatic carbocycles. The molecule has 102 valence electrons. The first kappa shape index (κ1) is 14.8. The molecule has 1 rings (SSSR count). The Morgan fingerprint density at radius 1 is 1.56 bits per heavy atom. The van der Waals surface area contributed by atoms with Crippen molar-refractivity contribution in [3.8, 4) is 0 Å². The topological polar surface area (TPSA) is 103 Å². The molecule has 1 unspecified atom stereocenters. The second-order valence-corrected chi connectivity index (χ2v) is 5.10.